The van der Waals surface area contributed by atoms with Crippen LogP contribution in [0.3, 0.4) is 0 Å². The van der Waals surface area contributed by atoms with Crippen LogP contribution in [-0.2, 0) is 0 Å². The summed E-state index contributed by atoms with van der Waals surface area (Å²) in [6.45, 7) is 1.83. The van der Waals surface area contributed by atoms with Gasteiger partial charge >= 0.3 is 0 Å². The molecule has 0 bridgehead atoms. The number of aromatic nitrogens is 2. The number of benzene rings is 1. The zero-order chi connectivity index (χ0) is 19.5. The summed E-state index contributed by atoms with van der Waals surface area (Å²) < 4.78 is 5.46. The van der Waals surface area contributed by atoms with Crippen LogP contribution in [0.2, 0.25) is 0 Å². The van der Waals surface area contributed by atoms with Crippen molar-refractivity contribution in [1.29, 1.82) is 0 Å². The van der Waals surface area contributed by atoms with Crippen molar-refractivity contribution in [1.82, 2.24) is 9.97 Å². The van der Waals surface area contributed by atoms with Gasteiger partial charge in [0.25, 0.3) is 5.91 Å². The van der Waals surface area contributed by atoms with Crippen molar-refractivity contribution in [3.63, 3.8) is 0 Å². The quantitative estimate of drug-likeness (QED) is 0.714. The summed E-state index contributed by atoms with van der Waals surface area (Å²) in [7, 11) is 1.69. The van der Waals surface area contributed by atoms with Gasteiger partial charge in [-0.15, -0.1) is 11.3 Å². The molecule has 2 N–H and O–H groups in total. The number of para-hydroxylation sites is 1. The Morgan fingerprint density at radius 3 is 2.79 bits per heavy atom. The van der Waals surface area contributed by atoms with Gasteiger partial charge in [0.2, 0.25) is 0 Å². The lowest BCUT2D eigenvalue weighted by Crippen LogP contribution is -2.33. The Labute approximate surface area is 168 Å². The number of hydrogen-bond donors (Lipinski definition) is 1. The van der Waals surface area contributed by atoms with E-state index in [2.05, 4.69) is 15.3 Å². The van der Waals surface area contributed by atoms with E-state index in [1.54, 1.807) is 30.7 Å². The number of thiazole rings is 1. The van der Waals surface area contributed by atoms with Crippen molar-refractivity contribution in [3.05, 3.63) is 58.7 Å². The average Bonchev–Trinajstić information content (AvgIpc) is 3.24. The molecular weight excluding hydrogens is 372 g/mol. The van der Waals surface area contributed by atoms with E-state index in [0.29, 0.717) is 11.6 Å². The number of nitrogens with zero attached hydrogens (tertiary/aromatic N) is 3. The van der Waals surface area contributed by atoms with Gasteiger partial charge in [0.05, 0.1) is 17.8 Å². The number of primary amides is 1. The highest BCUT2D eigenvalue weighted by molar-refractivity contribution is 7.10. The molecule has 1 fully saturated rings. The molecule has 1 saturated heterocycles. The van der Waals surface area contributed by atoms with Crippen LogP contribution in [0, 0.1) is 0 Å². The van der Waals surface area contributed by atoms with Gasteiger partial charge in [-0.1, -0.05) is 12.1 Å². The number of hydrogen-bond acceptors (Lipinski definition) is 6. The second kappa shape index (κ2) is 7.98. The molecule has 4 rings (SSSR count). The molecule has 0 atom stereocenters. The summed E-state index contributed by atoms with van der Waals surface area (Å²) in [5.41, 5.74) is 8.65. The monoisotopic (exact) mass is 394 g/mol. The van der Waals surface area contributed by atoms with E-state index in [-0.39, 0.29) is 0 Å². The molecule has 1 aliphatic rings. The molecule has 1 aromatic carbocycles. The van der Waals surface area contributed by atoms with Gasteiger partial charge in [0, 0.05) is 41.8 Å². The number of anilines is 1. The van der Waals surface area contributed by atoms with Gasteiger partial charge in [-0.25, -0.2) is 4.98 Å². The largest absolute Gasteiger partial charge is 0.496 e. The Bertz CT molecular complexity index is 980. The fraction of sp³-hybridized carbons (Fsp3) is 0.286. The maximum atomic E-state index is 11.4. The zero-order valence-electron chi connectivity index (χ0n) is 15.7. The Balaban J connectivity index is 1.45. The Kier molecular flexibility index (Phi) is 5.25. The number of carbonyl (C=O) groups is 1. The van der Waals surface area contributed by atoms with Crippen LogP contribution in [0.1, 0.15) is 34.3 Å². The molecule has 1 amide bonds. The van der Waals surface area contributed by atoms with E-state index >= 15 is 0 Å². The molecule has 7 heteroatoms. The van der Waals surface area contributed by atoms with E-state index in [0.717, 1.165) is 48.6 Å². The molecule has 144 valence electrons. The first-order valence-electron chi connectivity index (χ1n) is 9.25. The van der Waals surface area contributed by atoms with Crippen LogP contribution in [0.25, 0.3) is 11.3 Å². The zero-order valence-corrected chi connectivity index (χ0v) is 16.5. The summed E-state index contributed by atoms with van der Waals surface area (Å²) in [4.78, 5) is 22.6. The Hall–Kier alpha value is -2.93. The molecule has 3 aromatic rings. The number of methoxy groups -OCH3 is 1. The van der Waals surface area contributed by atoms with Gasteiger partial charge in [0.15, 0.2) is 0 Å². The van der Waals surface area contributed by atoms with Crippen LogP contribution in [0.15, 0.2) is 48.0 Å². The van der Waals surface area contributed by atoms with Crippen molar-refractivity contribution in [3.8, 4) is 17.0 Å². The highest BCUT2D eigenvalue weighted by Gasteiger charge is 2.24. The number of piperidine rings is 1. The first-order valence-corrected chi connectivity index (χ1v) is 10.1. The molecule has 1 aliphatic heterocycles. The summed E-state index contributed by atoms with van der Waals surface area (Å²) >= 11 is 1.72. The van der Waals surface area contributed by atoms with E-state index in [9.17, 15) is 4.79 Å². The Morgan fingerprint density at radius 1 is 1.25 bits per heavy atom. The second-order valence-corrected chi connectivity index (χ2v) is 7.69. The highest BCUT2D eigenvalue weighted by Crippen LogP contribution is 2.36. The highest BCUT2D eigenvalue weighted by atomic mass is 32.1. The molecule has 0 aliphatic carbocycles. The maximum Gasteiger partial charge on any atom is 0.267 e. The molecular formula is C21H22N4O2S. The smallest absolute Gasteiger partial charge is 0.267 e. The van der Waals surface area contributed by atoms with Crippen molar-refractivity contribution in [2.45, 2.75) is 18.8 Å². The maximum absolute atomic E-state index is 11.4. The number of amides is 1. The van der Waals surface area contributed by atoms with Crippen molar-refractivity contribution in [2.24, 2.45) is 5.73 Å². The van der Waals surface area contributed by atoms with E-state index in [4.69, 9.17) is 15.5 Å². The minimum Gasteiger partial charge on any atom is -0.496 e. The van der Waals surface area contributed by atoms with Crippen LogP contribution in [0.5, 0.6) is 5.75 Å². The number of ether oxygens (including phenoxy) is 1. The van der Waals surface area contributed by atoms with Crippen LogP contribution < -0.4 is 15.4 Å². The number of rotatable bonds is 5. The molecule has 0 saturated carbocycles. The molecule has 0 spiro atoms. The summed E-state index contributed by atoms with van der Waals surface area (Å²) in [5, 5.41) is 3.29. The van der Waals surface area contributed by atoms with Crippen molar-refractivity contribution in [2.75, 3.05) is 25.1 Å². The van der Waals surface area contributed by atoms with Crippen molar-refractivity contribution >= 4 is 22.9 Å². The SMILES string of the molecule is COc1ccccc1-c1csc(C2CCN(c3ccnc(C(N)=O)c3)CC2)n1. The van der Waals surface area contributed by atoms with Gasteiger partial charge in [-0.05, 0) is 37.1 Å². The number of pyridine rings is 1. The van der Waals surface area contributed by atoms with Gasteiger partial charge < -0.3 is 15.4 Å². The third-order valence-electron chi connectivity index (χ3n) is 5.11. The molecule has 6 nitrogen and oxygen atoms in total. The summed E-state index contributed by atoms with van der Waals surface area (Å²) in [6, 6.07) is 11.7. The first kappa shape index (κ1) is 18.4. The standard InChI is InChI=1S/C21H22N4O2S/c1-27-19-5-3-2-4-16(19)18-13-28-21(24-18)14-7-10-25(11-8-14)15-6-9-23-17(12-15)20(22)26/h2-6,9,12-14H,7-8,10-11H2,1H3,(H2,22,26). The second-order valence-electron chi connectivity index (χ2n) is 6.80. The van der Waals surface area contributed by atoms with Crippen LogP contribution >= 0.6 is 11.3 Å². The average molecular weight is 395 g/mol. The number of nitrogens with two attached hydrogens (primary N) is 1. The number of carbonyl (C=O) groups excluding carboxylic acids is 1. The van der Waals surface area contributed by atoms with E-state index in [1.807, 2.05) is 30.3 Å². The molecule has 0 unspecified atom stereocenters. The fourth-order valence-electron chi connectivity index (χ4n) is 3.59. The lowest BCUT2D eigenvalue weighted by Gasteiger charge is -2.32. The summed E-state index contributed by atoms with van der Waals surface area (Å²) in [5.74, 6) is 0.794. The summed E-state index contributed by atoms with van der Waals surface area (Å²) in [6.07, 6.45) is 3.68. The predicted molar refractivity (Wildman–Crippen MR) is 111 cm³/mol. The molecule has 28 heavy (non-hydrogen) atoms. The fourth-order valence-corrected chi connectivity index (χ4v) is 4.58. The van der Waals surface area contributed by atoms with Gasteiger partial charge in [-0.3, -0.25) is 9.78 Å². The lowest BCUT2D eigenvalue weighted by molar-refractivity contribution is 0.0995. The minimum absolute atomic E-state index is 0.306. The van der Waals surface area contributed by atoms with Gasteiger partial charge in [-0.2, -0.15) is 0 Å². The molecule has 3 heterocycles. The minimum atomic E-state index is -0.497. The molecule has 0 radical (unpaired) electrons. The topological polar surface area (TPSA) is 81.3 Å². The van der Waals surface area contributed by atoms with E-state index < -0.39 is 5.91 Å². The first-order chi connectivity index (χ1) is 13.7. The van der Waals surface area contributed by atoms with E-state index in [1.165, 1.54) is 5.01 Å². The Morgan fingerprint density at radius 2 is 2.04 bits per heavy atom. The third-order valence-corrected chi connectivity index (χ3v) is 6.12. The van der Waals surface area contributed by atoms with Gasteiger partial charge in [0.1, 0.15) is 11.4 Å². The molecule has 2 aromatic heterocycles. The normalized spacial score (nSPS) is 14.8. The lowest BCUT2D eigenvalue weighted by atomic mass is 9.97. The van der Waals surface area contributed by atoms with Crippen molar-refractivity contribution < 1.29 is 9.53 Å². The third kappa shape index (κ3) is 3.71. The van der Waals surface area contributed by atoms with Crippen LogP contribution in [0.4, 0.5) is 5.69 Å². The predicted octanol–water partition coefficient (Wildman–Crippen LogP) is 3.70. The van der Waals surface area contributed by atoms with Crippen LogP contribution in [-0.4, -0.2) is 36.1 Å².